The van der Waals surface area contributed by atoms with Crippen LogP contribution in [-0.2, 0) is 31.6 Å². The summed E-state index contributed by atoms with van der Waals surface area (Å²) < 4.78 is 31.6. The highest BCUT2D eigenvalue weighted by atomic mass is 79.9. The molecule has 0 bridgehead atoms. The van der Waals surface area contributed by atoms with Crippen molar-refractivity contribution in [1.82, 2.24) is 18.8 Å². The van der Waals surface area contributed by atoms with Gasteiger partial charge in [0.2, 0.25) is 5.95 Å². The number of aromatic nitrogens is 2. The van der Waals surface area contributed by atoms with E-state index in [2.05, 4.69) is 20.9 Å². The number of hydrogen-bond acceptors (Lipinski definition) is 6. The Morgan fingerprint density at radius 1 is 1.10 bits per heavy atom. The van der Waals surface area contributed by atoms with Gasteiger partial charge in [-0.1, -0.05) is 51.3 Å². The Balaban J connectivity index is 1.58. The quantitative estimate of drug-likeness (QED) is 0.427. The Labute approximate surface area is 250 Å². The number of halogens is 3. The molecule has 1 aromatic heterocycles. The average Bonchev–Trinajstić information content (AvgIpc) is 3.43. The maximum Gasteiger partial charge on any atom is 0.260 e. The van der Waals surface area contributed by atoms with E-state index in [1.807, 2.05) is 24.3 Å². The number of aliphatic hydroxyl groups excluding tert-OH is 1. The van der Waals surface area contributed by atoms with Crippen molar-refractivity contribution in [3.05, 3.63) is 68.7 Å². The molecule has 3 heterocycles. The maximum atomic E-state index is 14.2. The largest absolute Gasteiger partial charge is 0.384 e. The maximum absolute atomic E-state index is 14.2. The number of aliphatic hydroxyl groups is 1. The van der Waals surface area contributed by atoms with E-state index in [0.717, 1.165) is 10.0 Å². The fourth-order valence-corrected chi connectivity index (χ4v) is 7.55. The summed E-state index contributed by atoms with van der Waals surface area (Å²) in [7, 11) is -4.13. The van der Waals surface area contributed by atoms with Gasteiger partial charge in [0.05, 0.1) is 11.9 Å². The number of sulfonamides is 1. The number of piperazine rings is 1. The van der Waals surface area contributed by atoms with Crippen LogP contribution in [0.5, 0.6) is 0 Å². The lowest BCUT2D eigenvalue weighted by Gasteiger charge is -2.35. The number of amides is 2. The van der Waals surface area contributed by atoms with Gasteiger partial charge in [0.15, 0.2) is 5.03 Å². The van der Waals surface area contributed by atoms with Gasteiger partial charge in [0.1, 0.15) is 11.6 Å². The molecule has 2 amide bonds. The summed E-state index contributed by atoms with van der Waals surface area (Å²) in [6.07, 6.45) is 0.271. The second kappa shape index (κ2) is 10.7. The summed E-state index contributed by atoms with van der Waals surface area (Å²) in [5.74, 6) is -0.712. The number of carbonyl (C=O) groups is 2. The van der Waals surface area contributed by atoms with Gasteiger partial charge < -0.3 is 10.0 Å². The van der Waals surface area contributed by atoms with Crippen molar-refractivity contribution >= 4 is 72.6 Å². The van der Waals surface area contributed by atoms with Crippen LogP contribution in [0.15, 0.2) is 58.2 Å². The van der Waals surface area contributed by atoms with Gasteiger partial charge in [0.25, 0.3) is 21.8 Å². The van der Waals surface area contributed by atoms with Crippen molar-refractivity contribution < 1.29 is 23.1 Å². The zero-order valence-corrected chi connectivity index (χ0v) is 25.5. The van der Waals surface area contributed by atoms with Gasteiger partial charge in [-0.05, 0) is 49.7 Å². The van der Waals surface area contributed by atoms with Crippen LogP contribution in [0.2, 0.25) is 10.0 Å². The SMILES string of the molecule is C[C@@H](O)C(=O)N1CCN(S(=O)(=O)c2cnc3n2[C@](C)(Cc2ccc(Br)cc2)C(=O)N3c2cc(Cl)cc(Cl)c2)CC1. The van der Waals surface area contributed by atoms with Gasteiger partial charge in [-0.3, -0.25) is 14.2 Å². The highest BCUT2D eigenvalue weighted by molar-refractivity contribution is 9.10. The molecule has 1 saturated heterocycles. The monoisotopic (exact) mass is 669 g/mol. The molecule has 2 aromatic carbocycles. The number of imidazole rings is 1. The van der Waals surface area contributed by atoms with Crippen LogP contribution in [-0.4, -0.2) is 76.4 Å². The van der Waals surface area contributed by atoms with Crippen LogP contribution in [0.1, 0.15) is 19.4 Å². The lowest BCUT2D eigenvalue weighted by atomic mass is 9.92. The van der Waals surface area contributed by atoms with Crippen LogP contribution in [0, 0.1) is 0 Å². The highest BCUT2D eigenvalue weighted by Crippen LogP contribution is 2.45. The Morgan fingerprint density at radius 3 is 2.27 bits per heavy atom. The van der Waals surface area contributed by atoms with Gasteiger partial charge in [-0.2, -0.15) is 4.31 Å². The Morgan fingerprint density at radius 2 is 1.70 bits per heavy atom. The van der Waals surface area contributed by atoms with Crippen LogP contribution >= 0.6 is 39.1 Å². The number of anilines is 2. The van der Waals surface area contributed by atoms with E-state index >= 15 is 0 Å². The van der Waals surface area contributed by atoms with E-state index in [1.165, 1.54) is 31.8 Å². The van der Waals surface area contributed by atoms with Crippen molar-refractivity contribution in [3.63, 3.8) is 0 Å². The number of hydrogen-bond donors (Lipinski definition) is 1. The molecule has 2 aliphatic rings. The van der Waals surface area contributed by atoms with E-state index in [4.69, 9.17) is 23.2 Å². The zero-order chi connectivity index (χ0) is 29.0. The highest BCUT2D eigenvalue weighted by Gasteiger charge is 2.52. The van der Waals surface area contributed by atoms with E-state index in [-0.39, 0.29) is 49.5 Å². The minimum Gasteiger partial charge on any atom is -0.384 e. The molecule has 0 radical (unpaired) electrons. The second-order valence-corrected chi connectivity index (χ2v) is 13.7. The first-order valence-electron chi connectivity index (χ1n) is 12.4. The predicted molar refractivity (Wildman–Crippen MR) is 154 cm³/mol. The van der Waals surface area contributed by atoms with Crippen molar-refractivity contribution in [2.75, 3.05) is 31.1 Å². The molecule has 1 fully saturated rings. The summed E-state index contributed by atoms with van der Waals surface area (Å²) in [6.45, 7) is 3.40. The van der Waals surface area contributed by atoms with Crippen molar-refractivity contribution in [2.45, 2.75) is 36.9 Å². The number of fused-ring (bicyclic) bond motifs is 1. The molecule has 40 heavy (non-hydrogen) atoms. The molecule has 0 saturated carbocycles. The second-order valence-electron chi connectivity index (χ2n) is 9.98. The molecule has 14 heteroatoms. The topological polar surface area (TPSA) is 116 Å². The minimum atomic E-state index is -4.13. The molecule has 0 aliphatic carbocycles. The van der Waals surface area contributed by atoms with Crippen molar-refractivity contribution in [1.29, 1.82) is 0 Å². The number of rotatable bonds is 6. The van der Waals surface area contributed by atoms with Crippen LogP contribution in [0.4, 0.5) is 11.6 Å². The van der Waals surface area contributed by atoms with Crippen LogP contribution < -0.4 is 4.90 Å². The molecule has 3 aromatic rings. The van der Waals surface area contributed by atoms with Crippen LogP contribution in [0.25, 0.3) is 0 Å². The van der Waals surface area contributed by atoms with Crippen molar-refractivity contribution in [3.8, 4) is 0 Å². The lowest BCUT2D eigenvalue weighted by molar-refractivity contribution is -0.140. The van der Waals surface area contributed by atoms with Gasteiger partial charge in [-0.15, -0.1) is 0 Å². The van der Waals surface area contributed by atoms with Crippen molar-refractivity contribution in [2.24, 2.45) is 0 Å². The molecule has 212 valence electrons. The Kier molecular flexibility index (Phi) is 7.79. The minimum absolute atomic E-state index is 0.0340. The number of carbonyl (C=O) groups excluding carboxylic acids is 2. The van der Waals surface area contributed by atoms with E-state index in [1.54, 1.807) is 25.1 Å². The summed E-state index contributed by atoms with van der Waals surface area (Å²) in [5, 5.41) is 10.1. The molecular formula is C26H26BrCl2N5O5S. The molecule has 2 aliphatic heterocycles. The van der Waals surface area contributed by atoms with Gasteiger partial charge >= 0.3 is 0 Å². The molecule has 10 nitrogen and oxygen atoms in total. The third-order valence-electron chi connectivity index (χ3n) is 7.15. The van der Waals surface area contributed by atoms with E-state index < -0.39 is 27.6 Å². The Hall–Kier alpha value is -2.48. The molecule has 1 N–H and O–H groups in total. The summed E-state index contributed by atoms with van der Waals surface area (Å²) in [6, 6.07) is 12.1. The molecule has 5 rings (SSSR count). The fraction of sp³-hybridized carbons (Fsp3) is 0.346. The molecule has 0 spiro atoms. The van der Waals surface area contributed by atoms with Gasteiger partial charge in [0, 0.05) is 47.1 Å². The lowest BCUT2D eigenvalue weighted by Crippen LogP contribution is -2.53. The first-order valence-corrected chi connectivity index (χ1v) is 15.4. The smallest absolute Gasteiger partial charge is 0.260 e. The molecule has 2 atom stereocenters. The molecular weight excluding hydrogens is 645 g/mol. The fourth-order valence-electron chi connectivity index (χ4n) is 5.16. The normalized spacial score (nSPS) is 20.6. The first kappa shape index (κ1) is 29.0. The summed E-state index contributed by atoms with van der Waals surface area (Å²) in [4.78, 5) is 33.6. The standard InChI is InChI=1S/C26H26BrCl2N5O5S/c1-16(35)23(36)31-7-9-32(10-8-31)40(38,39)22-15-30-25-33(21-12-19(28)11-20(29)13-21)24(37)26(2,34(22)25)14-17-3-5-18(27)6-4-17/h3-6,11-13,15-16,35H,7-10,14H2,1-2H3/t16-,26-/m1/s1. The molecule has 0 unspecified atom stereocenters. The third kappa shape index (κ3) is 5.05. The van der Waals surface area contributed by atoms with Crippen LogP contribution in [0.3, 0.4) is 0 Å². The Bertz CT molecular complexity index is 1570. The van der Waals surface area contributed by atoms with E-state index in [0.29, 0.717) is 15.7 Å². The van der Waals surface area contributed by atoms with Gasteiger partial charge in [-0.25, -0.2) is 18.3 Å². The predicted octanol–water partition coefficient (Wildman–Crippen LogP) is 3.80. The third-order valence-corrected chi connectivity index (χ3v) is 9.97. The summed E-state index contributed by atoms with van der Waals surface area (Å²) >= 11 is 15.9. The summed E-state index contributed by atoms with van der Waals surface area (Å²) in [5.41, 5.74) is -0.178. The zero-order valence-electron chi connectivity index (χ0n) is 21.6. The first-order chi connectivity index (χ1) is 18.8. The number of nitrogens with zero attached hydrogens (tertiary/aromatic N) is 5. The van der Waals surface area contributed by atoms with E-state index in [9.17, 15) is 23.1 Å². The average molecular weight is 671 g/mol. The number of benzene rings is 2.